The molecule has 1 amide bonds. The third-order valence-corrected chi connectivity index (χ3v) is 11.0. The minimum Gasteiger partial charge on any atom is -0.493 e. The van der Waals surface area contributed by atoms with E-state index < -0.39 is 24.8 Å². The van der Waals surface area contributed by atoms with Crippen molar-refractivity contribution >= 4 is 52.6 Å². The maximum Gasteiger partial charge on any atom is 0.475 e. The summed E-state index contributed by atoms with van der Waals surface area (Å²) in [5, 5.41) is 7.19. The van der Waals surface area contributed by atoms with Crippen molar-refractivity contribution in [3.8, 4) is 11.5 Å². The molecule has 2 N–H and O–H groups in total. The number of likely N-dealkylation sites (tertiary alicyclic amines) is 1. The highest BCUT2D eigenvalue weighted by atomic mass is 32.1. The van der Waals surface area contributed by atoms with Crippen LogP contribution in [0, 0.1) is 5.82 Å². The van der Waals surface area contributed by atoms with Crippen molar-refractivity contribution in [3.63, 3.8) is 0 Å². The van der Waals surface area contributed by atoms with Crippen LogP contribution in [-0.4, -0.2) is 76.4 Å². The lowest BCUT2D eigenvalue weighted by atomic mass is 10.00. The van der Waals surface area contributed by atoms with Gasteiger partial charge in [-0.3, -0.25) is 23.3 Å². The lowest BCUT2D eigenvalue weighted by molar-refractivity contribution is -0.115. The van der Waals surface area contributed by atoms with Crippen LogP contribution in [0.5, 0.6) is 11.5 Å². The first-order valence-corrected chi connectivity index (χ1v) is 20.0. The van der Waals surface area contributed by atoms with Crippen LogP contribution < -0.4 is 20.1 Å². The summed E-state index contributed by atoms with van der Waals surface area (Å²) in [5.41, 5.74) is -0.342. The molecule has 4 aromatic rings. The molecule has 2 aromatic heterocycles. The van der Waals surface area contributed by atoms with Crippen LogP contribution in [0.1, 0.15) is 72.1 Å². The van der Waals surface area contributed by atoms with E-state index in [2.05, 4.69) is 30.5 Å². The van der Waals surface area contributed by atoms with E-state index in [0.717, 1.165) is 30.7 Å². The minimum atomic E-state index is -3.78. The predicted octanol–water partition coefficient (Wildman–Crippen LogP) is 8.54. The fourth-order valence-corrected chi connectivity index (χ4v) is 8.53. The van der Waals surface area contributed by atoms with Crippen molar-refractivity contribution in [1.29, 1.82) is 0 Å². The highest BCUT2D eigenvalue weighted by molar-refractivity contribution is 7.48. The van der Waals surface area contributed by atoms with Crippen LogP contribution in [0.3, 0.4) is 0 Å². The van der Waals surface area contributed by atoms with Gasteiger partial charge in [-0.25, -0.2) is 23.9 Å². The summed E-state index contributed by atoms with van der Waals surface area (Å²) in [6.45, 7) is 13.2. The van der Waals surface area contributed by atoms with Gasteiger partial charge in [0.25, 0.3) is 0 Å². The summed E-state index contributed by atoms with van der Waals surface area (Å²) in [6.07, 6.45) is 7.05. The number of nitrogens with zero attached hydrogens (tertiary/aromatic N) is 4. The van der Waals surface area contributed by atoms with Gasteiger partial charge in [0, 0.05) is 40.8 Å². The molecule has 0 spiro atoms. The Balaban J connectivity index is 1.18. The Morgan fingerprint density at radius 3 is 2.51 bits per heavy atom. The monoisotopic (exact) mass is 772 g/mol. The number of hydrogen-bond donors (Lipinski definition) is 2. The zero-order chi connectivity index (χ0) is 38.2. The molecule has 5 rings (SSSR count). The molecule has 0 radical (unpaired) electrons. The van der Waals surface area contributed by atoms with Gasteiger partial charge in [-0.05, 0) is 91.6 Å². The van der Waals surface area contributed by atoms with Crippen LogP contribution >= 0.6 is 19.2 Å². The molecular weight excluding hydrogens is 722 g/mol. The number of phosphoric ester groups is 1. The summed E-state index contributed by atoms with van der Waals surface area (Å²) in [5.74, 6) is 0.908. The van der Waals surface area contributed by atoms with Crippen molar-refractivity contribution in [3.05, 3.63) is 59.6 Å². The Bertz CT molecular complexity index is 1880. The lowest BCUT2D eigenvalue weighted by Gasteiger charge is -2.36. The maximum absolute atomic E-state index is 13.5. The first kappa shape index (κ1) is 40.5. The number of anilines is 3. The number of aromatic nitrogens is 3. The quantitative estimate of drug-likeness (QED) is 0.105. The predicted molar refractivity (Wildman–Crippen MR) is 205 cm³/mol. The molecule has 1 saturated heterocycles. The standard InChI is InChI=1S/C37H50FN6O7PS/c1-36(2,3)50-52(46,51-37(4,5)6)49-17-14-27-13-8-9-15-44(27)16-18-48-32-22-30-29(21-31(32)47-7)34(41-24-40-30)43-35-39-23-28(53-35)20-33(45)42-26-12-10-11-25(38)19-26/h10-12,19,21-24,27H,8-9,13-18,20H2,1-7H3,(H,42,45)(H,39,40,41,43). The molecule has 1 unspecified atom stereocenters. The molecule has 1 atom stereocenters. The number of carbonyl (C=O) groups is 1. The van der Waals surface area contributed by atoms with E-state index in [0.29, 0.717) is 58.6 Å². The number of hydrogen-bond acceptors (Lipinski definition) is 13. The first-order chi connectivity index (χ1) is 25.1. The summed E-state index contributed by atoms with van der Waals surface area (Å²) < 4.78 is 56.4. The molecule has 1 fully saturated rings. The second-order valence-corrected chi connectivity index (χ2v) is 17.4. The Morgan fingerprint density at radius 2 is 1.79 bits per heavy atom. The zero-order valence-electron chi connectivity index (χ0n) is 31.4. The number of amides is 1. The number of piperidine rings is 1. The third kappa shape index (κ3) is 12.4. The minimum absolute atomic E-state index is 0.0851. The Hall–Kier alpha value is -3.72. The average Bonchev–Trinajstić information content (AvgIpc) is 3.49. The molecule has 1 aliphatic heterocycles. The van der Waals surface area contributed by atoms with Crippen molar-refractivity contribution in [2.24, 2.45) is 0 Å². The van der Waals surface area contributed by atoms with E-state index in [4.69, 9.17) is 23.0 Å². The number of rotatable bonds is 16. The van der Waals surface area contributed by atoms with Gasteiger partial charge in [0.2, 0.25) is 5.91 Å². The van der Waals surface area contributed by atoms with E-state index in [1.54, 1.807) is 19.4 Å². The second kappa shape index (κ2) is 17.6. The molecule has 0 saturated carbocycles. The Kier molecular flexibility index (Phi) is 13.4. The summed E-state index contributed by atoms with van der Waals surface area (Å²) in [6, 6.07) is 9.64. The van der Waals surface area contributed by atoms with Gasteiger partial charge in [0.1, 0.15) is 24.6 Å². The van der Waals surface area contributed by atoms with E-state index in [9.17, 15) is 13.8 Å². The number of thiazole rings is 1. The van der Waals surface area contributed by atoms with Crippen LogP contribution in [-0.2, 0) is 29.4 Å². The summed E-state index contributed by atoms with van der Waals surface area (Å²) >= 11 is 1.31. The van der Waals surface area contributed by atoms with Crippen LogP contribution in [0.15, 0.2) is 48.9 Å². The number of methoxy groups -OCH3 is 1. The van der Waals surface area contributed by atoms with Gasteiger partial charge in [0.05, 0.1) is 36.9 Å². The van der Waals surface area contributed by atoms with E-state index in [-0.39, 0.29) is 25.0 Å². The number of benzene rings is 2. The number of nitrogens with one attached hydrogen (secondary N) is 2. The van der Waals surface area contributed by atoms with E-state index >= 15 is 0 Å². The molecule has 288 valence electrons. The van der Waals surface area contributed by atoms with Crippen LogP contribution in [0.2, 0.25) is 0 Å². The van der Waals surface area contributed by atoms with E-state index in [1.807, 2.05) is 53.7 Å². The zero-order valence-corrected chi connectivity index (χ0v) is 33.2. The molecule has 16 heteroatoms. The summed E-state index contributed by atoms with van der Waals surface area (Å²) in [7, 11) is -2.20. The molecule has 3 heterocycles. The molecule has 53 heavy (non-hydrogen) atoms. The second-order valence-electron chi connectivity index (χ2n) is 14.7. The average molecular weight is 773 g/mol. The van der Waals surface area contributed by atoms with Gasteiger partial charge in [0.15, 0.2) is 16.6 Å². The fraction of sp³-hybridized carbons (Fsp3) is 0.514. The van der Waals surface area contributed by atoms with Gasteiger partial charge >= 0.3 is 7.82 Å². The molecular formula is C37H50FN6O7PS. The van der Waals surface area contributed by atoms with Crippen LogP contribution in [0.4, 0.5) is 21.0 Å². The number of fused-ring (bicyclic) bond motifs is 1. The fourth-order valence-electron chi connectivity index (χ4n) is 5.91. The number of phosphoric acid groups is 1. The maximum atomic E-state index is 13.5. The Labute approximate surface area is 314 Å². The highest BCUT2D eigenvalue weighted by Crippen LogP contribution is 2.55. The van der Waals surface area contributed by atoms with E-state index in [1.165, 1.54) is 35.9 Å². The van der Waals surface area contributed by atoms with Gasteiger partial charge in [-0.1, -0.05) is 12.5 Å². The largest absolute Gasteiger partial charge is 0.493 e. The topological polar surface area (TPSA) is 146 Å². The van der Waals surface area contributed by atoms with Crippen LogP contribution in [0.25, 0.3) is 10.9 Å². The number of ether oxygens (including phenoxy) is 2. The SMILES string of the molecule is COc1cc2c(Nc3ncc(CC(=O)Nc4cccc(F)c4)s3)ncnc2cc1OCCN1CCCCC1CCOP(=O)(OC(C)(C)C)OC(C)(C)C. The van der Waals surface area contributed by atoms with Crippen molar-refractivity contribution in [2.75, 3.05) is 44.0 Å². The first-order valence-electron chi connectivity index (χ1n) is 17.7. The lowest BCUT2D eigenvalue weighted by Crippen LogP contribution is -2.42. The molecule has 13 nitrogen and oxygen atoms in total. The van der Waals surface area contributed by atoms with Gasteiger partial charge < -0.3 is 20.1 Å². The molecule has 1 aliphatic rings. The van der Waals surface area contributed by atoms with Crippen molar-refractivity contribution < 1.29 is 36.8 Å². The van der Waals surface area contributed by atoms with Gasteiger partial charge in [-0.15, -0.1) is 11.3 Å². The smallest absolute Gasteiger partial charge is 0.475 e. The number of halogens is 1. The highest BCUT2D eigenvalue weighted by Gasteiger charge is 2.37. The molecule has 2 aromatic carbocycles. The normalized spacial score (nSPS) is 15.7. The summed E-state index contributed by atoms with van der Waals surface area (Å²) in [4.78, 5) is 28.9. The van der Waals surface area contributed by atoms with Crippen molar-refractivity contribution in [2.45, 2.75) is 90.9 Å². The Morgan fingerprint density at radius 1 is 1.02 bits per heavy atom. The molecule has 0 aliphatic carbocycles. The van der Waals surface area contributed by atoms with Crippen molar-refractivity contribution in [1.82, 2.24) is 19.9 Å². The number of carbonyl (C=O) groups excluding carboxylic acids is 1. The van der Waals surface area contributed by atoms with Gasteiger partial charge in [-0.2, -0.15) is 0 Å². The third-order valence-electron chi connectivity index (χ3n) is 8.00. The molecule has 0 bridgehead atoms.